The molecular formula is C18H18N2O3. The van der Waals surface area contributed by atoms with Gasteiger partial charge in [-0.25, -0.2) is 4.79 Å². The Bertz CT molecular complexity index is 739. The van der Waals surface area contributed by atoms with E-state index in [4.69, 9.17) is 10.5 Å². The van der Waals surface area contributed by atoms with Crippen LogP contribution in [-0.4, -0.2) is 18.0 Å². The minimum absolute atomic E-state index is 0.234. The van der Waals surface area contributed by atoms with Crippen molar-refractivity contribution in [2.45, 2.75) is 25.3 Å². The molecule has 2 aromatic carbocycles. The highest BCUT2D eigenvalue weighted by molar-refractivity contribution is 5.94. The number of ether oxygens (including phenoxy) is 1. The molecule has 23 heavy (non-hydrogen) atoms. The van der Waals surface area contributed by atoms with Crippen LogP contribution in [0.4, 0.5) is 4.79 Å². The second-order valence-electron chi connectivity index (χ2n) is 5.63. The van der Waals surface area contributed by atoms with Crippen LogP contribution in [0.3, 0.4) is 0 Å². The van der Waals surface area contributed by atoms with Crippen molar-refractivity contribution >= 4 is 12.0 Å². The maximum absolute atomic E-state index is 11.8. The number of nitrogens with one attached hydrogen (secondary N) is 1. The molecule has 3 N–H and O–H groups in total. The first kappa shape index (κ1) is 15.1. The minimum atomic E-state index is -0.473. The second kappa shape index (κ2) is 6.52. The molecular weight excluding hydrogens is 292 g/mol. The highest BCUT2D eigenvalue weighted by atomic mass is 16.6. The van der Waals surface area contributed by atoms with E-state index in [0.29, 0.717) is 11.3 Å². The molecule has 1 saturated carbocycles. The lowest BCUT2D eigenvalue weighted by atomic mass is 9.93. The first-order valence-electron chi connectivity index (χ1n) is 7.60. The van der Waals surface area contributed by atoms with E-state index in [1.165, 1.54) is 0 Å². The van der Waals surface area contributed by atoms with Gasteiger partial charge in [-0.3, -0.25) is 4.79 Å². The van der Waals surface area contributed by atoms with Crippen LogP contribution in [0.25, 0.3) is 11.1 Å². The Balaban J connectivity index is 1.75. The van der Waals surface area contributed by atoms with Gasteiger partial charge in [-0.15, -0.1) is 0 Å². The van der Waals surface area contributed by atoms with Gasteiger partial charge in [0.2, 0.25) is 5.91 Å². The SMILES string of the molecule is NC(=O)c1cccc(-c2cccc(OC(=O)NC3CCC3)c2)c1. The first-order chi connectivity index (χ1) is 11.1. The number of carbonyl (C=O) groups excluding carboxylic acids is 2. The Kier molecular flexibility index (Phi) is 4.28. The van der Waals surface area contributed by atoms with Gasteiger partial charge in [-0.2, -0.15) is 0 Å². The van der Waals surface area contributed by atoms with E-state index in [1.807, 2.05) is 12.1 Å². The van der Waals surface area contributed by atoms with E-state index in [0.717, 1.165) is 30.4 Å². The summed E-state index contributed by atoms with van der Waals surface area (Å²) in [5, 5.41) is 2.83. The fourth-order valence-corrected chi connectivity index (χ4v) is 2.45. The number of carbonyl (C=O) groups is 2. The summed E-state index contributed by atoms with van der Waals surface area (Å²) in [5.41, 5.74) is 7.43. The molecule has 0 spiro atoms. The summed E-state index contributed by atoms with van der Waals surface area (Å²) in [6.45, 7) is 0. The van der Waals surface area contributed by atoms with E-state index < -0.39 is 12.0 Å². The molecule has 0 aliphatic heterocycles. The van der Waals surface area contributed by atoms with Crippen molar-refractivity contribution in [2.24, 2.45) is 5.73 Å². The second-order valence-corrected chi connectivity index (χ2v) is 5.63. The van der Waals surface area contributed by atoms with Crippen LogP contribution in [0.5, 0.6) is 5.75 Å². The van der Waals surface area contributed by atoms with Crippen LogP contribution in [0.2, 0.25) is 0 Å². The van der Waals surface area contributed by atoms with Gasteiger partial charge in [0.25, 0.3) is 0 Å². The standard InChI is InChI=1S/C18H18N2O3/c19-17(21)14-6-1-4-12(10-14)13-5-2-9-16(11-13)23-18(22)20-15-7-3-8-15/h1-2,4-6,9-11,15H,3,7-8H2,(H2,19,21)(H,20,22). The average Bonchev–Trinajstić information content (AvgIpc) is 2.51. The Morgan fingerprint density at radius 2 is 1.74 bits per heavy atom. The summed E-state index contributed by atoms with van der Waals surface area (Å²) >= 11 is 0. The molecule has 2 amide bonds. The number of benzene rings is 2. The summed E-state index contributed by atoms with van der Waals surface area (Å²) in [6, 6.07) is 14.4. The summed E-state index contributed by atoms with van der Waals surface area (Å²) < 4.78 is 5.32. The molecule has 118 valence electrons. The molecule has 0 heterocycles. The minimum Gasteiger partial charge on any atom is -0.410 e. The zero-order chi connectivity index (χ0) is 16.2. The molecule has 2 aromatic rings. The molecule has 0 radical (unpaired) electrons. The Morgan fingerprint density at radius 3 is 2.39 bits per heavy atom. The largest absolute Gasteiger partial charge is 0.412 e. The van der Waals surface area contributed by atoms with Gasteiger partial charge in [0.1, 0.15) is 5.75 Å². The van der Waals surface area contributed by atoms with Crippen LogP contribution in [0, 0.1) is 0 Å². The number of hydrogen-bond donors (Lipinski definition) is 2. The van der Waals surface area contributed by atoms with Crippen molar-refractivity contribution in [2.75, 3.05) is 0 Å². The monoisotopic (exact) mass is 310 g/mol. The van der Waals surface area contributed by atoms with Crippen molar-refractivity contribution in [1.82, 2.24) is 5.32 Å². The quantitative estimate of drug-likeness (QED) is 0.910. The van der Waals surface area contributed by atoms with Gasteiger partial charge in [0, 0.05) is 11.6 Å². The molecule has 1 fully saturated rings. The molecule has 0 bridgehead atoms. The fraction of sp³-hybridized carbons (Fsp3) is 0.222. The van der Waals surface area contributed by atoms with Crippen LogP contribution in [-0.2, 0) is 0 Å². The van der Waals surface area contributed by atoms with E-state index in [-0.39, 0.29) is 6.04 Å². The summed E-state index contributed by atoms with van der Waals surface area (Å²) in [4.78, 5) is 23.1. The smallest absolute Gasteiger partial charge is 0.410 e. The lowest BCUT2D eigenvalue weighted by molar-refractivity contribution is 0.1000. The average molecular weight is 310 g/mol. The van der Waals surface area contributed by atoms with Crippen molar-refractivity contribution in [3.8, 4) is 16.9 Å². The zero-order valence-corrected chi connectivity index (χ0v) is 12.6. The number of rotatable bonds is 4. The third-order valence-corrected chi connectivity index (χ3v) is 3.95. The number of amides is 2. The highest BCUT2D eigenvalue weighted by Crippen LogP contribution is 2.25. The van der Waals surface area contributed by atoms with Crippen LogP contribution >= 0.6 is 0 Å². The molecule has 0 saturated heterocycles. The molecule has 0 unspecified atom stereocenters. The Hall–Kier alpha value is -2.82. The van der Waals surface area contributed by atoms with Crippen molar-refractivity contribution in [3.05, 3.63) is 54.1 Å². The Labute approximate surface area is 134 Å². The predicted octanol–water partition coefficient (Wildman–Crippen LogP) is 3.09. The van der Waals surface area contributed by atoms with Crippen molar-refractivity contribution in [1.29, 1.82) is 0 Å². The fourth-order valence-electron chi connectivity index (χ4n) is 2.45. The Morgan fingerprint density at radius 1 is 1.04 bits per heavy atom. The maximum Gasteiger partial charge on any atom is 0.412 e. The van der Waals surface area contributed by atoms with Crippen LogP contribution < -0.4 is 15.8 Å². The molecule has 5 nitrogen and oxygen atoms in total. The summed E-state index contributed by atoms with van der Waals surface area (Å²) in [7, 11) is 0. The van der Waals surface area contributed by atoms with Gasteiger partial charge < -0.3 is 15.8 Å². The van der Waals surface area contributed by atoms with Gasteiger partial charge in [0.05, 0.1) is 0 Å². The van der Waals surface area contributed by atoms with E-state index in [2.05, 4.69) is 5.32 Å². The van der Waals surface area contributed by atoms with Crippen LogP contribution in [0.15, 0.2) is 48.5 Å². The topological polar surface area (TPSA) is 81.4 Å². The highest BCUT2D eigenvalue weighted by Gasteiger charge is 2.20. The third kappa shape index (κ3) is 3.69. The summed E-state index contributed by atoms with van der Waals surface area (Å²) in [6.07, 6.45) is 2.73. The number of primary amides is 1. The molecule has 0 atom stereocenters. The number of hydrogen-bond acceptors (Lipinski definition) is 3. The number of nitrogens with two attached hydrogens (primary N) is 1. The van der Waals surface area contributed by atoms with E-state index in [1.54, 1.807) is 36.4 Å². The lowest BCUT2D eigenvalue weighted by Gasteiger charge is -2.25. The van der Waals surface area contributed by atoms with Gasteiger partial charge >= 0.3 is 6.09 Å². The van der Waals surface area contributed by atoms with Crippen LogP contribution in [0.1, 0.15) is 29.6 Å². The molecule has 1 aliphatic rings. The molecule has 3 rings (SSSR count). The van der Waals surface area contributed by atoms with E-state index >= 15 is 0 Å². The zero-order valence-electron chi connectivity index (χ0n) is 12.6. The molecule has 5 heteroatoms. The molecule has 1 aliphatic carbocycles. The predicted molar refractivity (Wildman–Crippen MR) is 87.2 cm³/mol. The van der Waals surface area contributed by atoms with Crippen molar-refractivity contribution in [3.63, 3.8) is 0 Å². The summed E-state index contributed by atoms with van der Waals surface area (Å²) in [5.74, 6) is -0.0112. The lowest BCUT2D eigenvalue weighted by Crippen LogP contribution is -2.41. The normalized spacial score (nSPS) is 13.9. The molecule has 0 aromatic heterocycles. The van der Waals surface area contributed by atoms with Gasteiger partial charge in [-0.1, -0.05) is 24.3 Å². The van der Waals surface area contributed by atoms with Gasteiger partial charge in [0.15, 0.2) is 0 Å². The third-order valence-electron chi connectivity index (χ3n) is 3.95. The van der Waals surface area contributed by atoms with Gasteiger partial charge in [-0.05, 0) is 54.7 Å². The van der Waals surface area contributed by atoms with E-state index in [9.17, 15) is 9.59 Å². The maximum atomic E-state index is 11.8. The van der Waals surface area contributed by atoms with Crippen molar-refractivity contribution < 1.29 is 14.3 Å². The first-order valence-corrected chi connectivity index (χ1v) is 7.60.